The predicted molar refractivity (Wildman–Crippen MR) is 62.1 cm³/mol. The number of hydrogen-bond donors (Lipinski definition) is 2. The molecule has 0 radical (unpaired) electrons. The third-order valence-corrected chi connectivity index (χ3v) is 4.03. The number of rotatable bonds is 4. The molecule has 0 aromatic carbocycles. The zero-order valence-electron chi connectivity index (χ0n) is 8.84. The summed E-state index contributed by atoms with van der Waals surface area (Å²) in [6, 6.07) is -0.839. The number of primary amides is 1. The maximum Gasteiger partial charge on any atom is 0.318 e. The molecule has 1 aromatic heterocycles. The topological polar surface area (TPSA) is 98.0 Å². The molecule has 8 heteroatoms. The number of hydrogen-bond acceptors (Lipinski definition) is 6. The largest absolute Gasteiger partial charge is 0.351 e. The van der Waals surface area contributed by atoms with Gasteiger partial charge in [0.25, 0.3) is 0 Å². The van der Waals surface area contributed by atoms with Gasteiger partial charge in [-0.05, 0) is 5.92 Å². The van der Waals surface area contributed by atoms with Crippen molar-refractivity contribution in [3.05, 3.63) is 5.51 Å². The molecule has 1 rings (SSSR count). The summed E-state index contributed by atoms with van der Waals surface area (Å²) in [6.07, 6.45) is 0. The first-order chi connectivity index (χ1) is 7.50. The van der Waals surface area contributed by atoms with Gasteiger partial charge in [-0.3, -0.25) is 10.1 Å². The van der Waals surface area contributed by atoms with Gasteiger partial charge in [0, 0.05) is 0 Å². The third-order valence-electron chi connectivity index (χ3n) is 1.68. The van der Waals surface area contributed by atoms with E-state index in [1.165, 1.54) is 23.1 Å². The zero-order chi connectivity index (χ0) is 12.1. The van der Waals surface area contributed by atoms with E-state index in [1.807, 2.05) is 13.8 Å². The number of nitrogens with one attached hydrogen (secondary N) is 1. The van der Waals surface area contributed by atoms with E-state index in [1.54, 1.807) is 5.51 Å². The predicted octanol–water partition coefficient (Wildman–Crippen LogP) is 0.850. The van der Waals surface area contributed by atoms with E-state index in [-0.39, 0.29) is 5.92 Å². The first-order valence-corrected chi connectivity index (χ1v) is 6.29. The van der Waals surface area contributed by atoms with Crippen LogP contribution in [0.25, 0.3) is 0 Å². The molecule has 1 heterocycles. The first-order valence-electron chi connectivity index (χ1n) is 4.54. The summed E-state index contributed by atoms with van der Waals surface area (Å²) in [4.78, 5) is 22.2. The molecule has 88 valence electrons. The van der Waals surface area contributed by atoms with Gasteiger partial charge in [0.1, 0.15) is 5.51 Å². The van der Waals surface area contributed by atoms with Crippen LogP contribution in [-0.2, 0) is 4.79 Å². The number of nitrogens with two attached hydrogens (primary N) is 1. The summed E-state index contributed by atoms with van der Waals surface area (Å²) in [5.74, 6) is -0.337. The van der Waals surface area contributed by atoms with Crippen LogP contribution < -0.4 is 11.1 Å². The minimum Gasteiger partial charge on any atom is -0.351 e. The van der Waals surface area contributed by atoms with Gasteiger partial charge in [0.2, 0.25) is 5.91 Å². The summed E-state index contributed by atoms with van der Waals surface area (Å²) in [7, 11) is 0. The van der Waals surface area contributed by atoms with Gasteiger partial charge in [-0.1, -0.05) is 36.9 Å². The molecule has 0 bridgehead atoms. The Labute approximate surface area is 101 Å². The van der Waals surface area contributed by atoms with Crippen LogP contribution in [0.3, 0.4) is 0 Å². The quantitative estimate of drug-likeness (QED) is 0.782. The number of urea groups is 1. The summed E-state index contributed by atoms with van der Waals surface area (Å²) in [5.41, 5.74) is 6.49. The van der Waals surface area contributed by atoms with E-state index in [9.17, 15) is 9.59 Å². The van der Waals surface area contributed by atoms with Gasteiger partial charge in [-0.15, -0.1) is 10.2 Å². The van der Waals surface area contributed by atoms with Crippen LogP contribution in [0.4, 0.5) is 4.79 Å². The summed E-state index contributed by atoms with van der Waals surface area (Å²) in [5, 5.41) is 9.18. The summed E-state index contributed by atoms with van der Waals surface area (Å²) < 4.78 is 0.693. The molecule has 0 aliphatic heterocycles. The Hall–Kier alpha value is -1.15. The lowest BCUT2D eigenvalue weighted by atomic mass is 10.1. The van der Waals surface area contributed by atoms with Crippen molar-refractivity contribution in [2.24, 2.45) is 11.7 Å². The molecule has 0 aliphatic rings. The lowest BCUT2D eigenvalue weighted by Crippen LogP contribution is -2.42. The second-order valence-electron chi connectivity index (χ2n) is 3.34. The van der Waals surface area contributed by atoms with Crippen molar-refractivity contribution in [1.82, 2.24) is 15.5 Å². The van der Waals surface area contributed by atoms with Crippen molar-refractivity contribution in [3.8, 4) is 0 Å². The van der Waals surface area contributed by atoms with E-state index in [2.05, 4.69) is 15.5 Å². The Morgan fingerprint density at radius 3 is 2.69 bits per heavy atom. The van der Waals surface area contributed by atoms with E-state index >= 15 is 0 Å². The standard InChI is InChI=1S/C8H12N4O2S2/c1-4(2)5(6(13)11-7(9)14)16-8-12-10-3-15-8/h3-5H,1-2H3,(H3,9,11,13,14)/t5-/m0/s1. The highest BCUT2D eigenvalue weighted by Crippen LogP contribution is 2.28. The molecule has 1 aromatic rings. The number of amides is 3. The summed E-state index contributed by atoms with van der Waals surface area (Å²) in [6.45, 7) is 3.78. The first kappa shape index (κ1) is 12.9. The van der Waals surface area contributed by atoms with E-state index in [0.29, 0.717) is 4.34 Å². The van der Waals surface area contributed by atoms with Crippen molar-refractivity contribution in [2.45, 2.75) is 23.4 Å². The number of aromatic nitrogens is 2. The molecule has 0 fully saturated rings. The van der Waals surface area contributed by atoms with Gasteiger partial charge in [-0.2, -0.15) is 0 Å². The Balaban J connectivity index is 2.67. The SMILES string of the molecule is CC(C)[C@H](Sc1nncs1)C(=O)NC(N)=O. The molecule has 3 N–H and O–H groups in total. The normalized spacial score (nSPS) is 12.4. The van der Waals surface area contributed by atoms with Crippen LogP contribution in [0.2, 0.25) is 0 Å². The van der Waals surface area contributed by atoms with Gasteiger partial charge < -0.3 is 5.73 Å². The molecule has 0 saturated heterocycles. The van der Waals surface area contributed by atoms with E-state index in [0.717, 1.165) is 0 Å². The fraction of sp³-hybridized carbons (Fsp3) is 0.500. The van der Waals surface area contributed by atoms with Crippen molar-refractivity contribution in [1.29, 1.82) is 0 Å². The molecule has 0 spiro atoms. The van der Waals surface area contributed by atoms with Crippen molar-refractivity contribution < 1.29 is 9.59 Å². The van der Waals surface area contributed by atoms with Gasteiger partial charge >= 0.3 is 6.03 Å². The third kappa shape index (κ3) is 3.78. The summed E-state index contributed by atoms with van der Waals surface area (Å²) >= 11 is 2.63. The molecule has 16 heavy (non-hydrogen) atoms. The second kappa shape index (κ2) is 5.80. The van der Waals surface area contributed by atoms with E-state index < -0.39 is 17.2 Å². The molecular formula is C8H12N4O2S2. The van der Waals surface area contributed by atoms with Crippen LogP contribution in [0.5, 0.6) is 0 Å². The molecule has 1 atom stereocenters. The molecule has 0 aliphatic carbocycles. The lowest BCUT2D eigenvalue weighted by molar-refractivity contribution is -0.120. The maximum atomic E-state index is 11.6. The molecule has 6 nitrogen and oxygen atoms in total. The highest BCUT2D eigenvalue weighted by Gasteiger charge is 2.25. The number of imide groups is 1. The Morgan fingerprint density at radius 1 is 1.56 bits per heavy atom. The fourth-order valence-corrected chi connectivity index (χ4v) is 2.70. The highest BCUT2D eigenvalue weighted by atomic mass is 32.2. The smallest absolute Gasteiger partial charge is 0.318 e. The Morgan fingerprint density at radius 2 is 2.25 bits per heavy atom. The number of thioether (sulfide) groups is 1. The van der Waals surface area contributed by atoms with Crippen LogP contribution in [0.1, 0.15) is 13.8 Å². The molecule has 0 unspecified atom stereocenters. The second-order valence-corrected chi connectivity index (χ2v) is 5.56. The van der Waals surface area contributed by atoms with Gasteiger partial charge in [0.05, 0.1) is 5.25 Å². The Bertz CT molecular complexity index is 366. The Kier molecular flexibility index (Phi) is 4.69. The van der Waals surface area contributed by atoms with E-state index in [4.69, 9.17) is 5.73 Å². The van der Waals surface area contributed by atoms with Gasteiger partial charge in [-0.25, -0.2) is 4.79 Å². The zero-order valence-corrected chi connectivity index (χ0v) is 10.5. The molecule has 3 amide bonds. The number of carbonyl (C=O) groups is 2. The van der Waals surface area contributed by atoms with Crippen molar-refractivity contribution in [3.63, 3.8) is 0 Å². The average Bonchev–Trinajstić information content (AvgIpc) is 2.64. The van der Waals surface area contributed by atoms with Gasteiger partial charge in [0.15, 0.2) is 4.34 Å². The van der Waals surface area contributed by atoms with Crippen molar-refractivity contribution >= 4 is 35.0 Å². The lowest BCUT2D eigenvalue weighted by Gasteiger charge is -2.16. The number of nitrogens with zero attached hydrogens (tertiary/aromatic N) is 2. The van der Waals surface area contributed by atoms with Crippen LogP contribution in [0.15, 0.2) is 9.85 Å². The highest BCUT2D eigenvalue weighted by molar-refractivity contribution is 8.02. The molecular weight excluding hydrogens is 248 g/mol. The monoisotopic (exact) mass is 260 g/mol. The fourth-order valence-electron chi connectivity index (χ4n) is 1.01. The molecule has 0 saturated carbocycles. The van der Waals surface area contributed by atoms with Crippen LogP contribution in [-0.4, -0.2) is 27.4 Å². The number of carbonyl (C=O) groups excluding carboxylic acids is 2. The van der Waals surface area contributed by atoms with Crippen LogP contribution >= 0.6 is 23.1 Å². The van der Waals surface area contributed by atoms with Crippen LogP contribution in [0, 0.1) is 5.92 Å². The van der Waals surface area contributed by atoms with Crippen molar-refractivity contribution in [2.75, 3.05) is 0 Å². The minimum atomic E-state index is -0.839. The maximum absolute atomic E-state index is 11.6. The minimum absolute atomic E-state index is 0.0632. The average molecular weight is 260 g/mol.